The fourth-order valence-corrected chi connectivity index (χ4v) is 1.37. The molecule has 0 amide bonds. The Labute approximate surface area is 79.1 Å². The van der Waals surface area contributed by atoms with Crippen molar-refractivity contribution in [3.8, 4) is 0 Å². The summed E-state index contributed by atoms with van der Waals surface area (Å²) in [4.78, 5) is 0.342. The van der Waals surface area contributed by atoms with E-state index in [2.05, 4.69) is 0 Å². The van der Waals surface area contributed by atoms with Gasteiger partial charge < -0.3 is 4.55 Å². The van der Waals surface area contributed by atoms with Crippen LogP contribution in [0.25, 0.3) is 0 Å². The summed E-state index contributed by atoms with van der Waals surface area (Å²) in [6.45, 7) is 1.35. The van der Waals surface area contributed by atoms with Crippen molar-refractivity contribution < 1.29 is 13.2 Å². The van der Waals surface area contributed by atoms with Crippen molar-refractivity contribution in [2.24, 2.45) is 0 Å². The molecule has 2 atom stereocenters. The van der Waals surface area contributed by atoms with Crippen LogP contribution in [0.1, 0.15) is 18.4 Å². The third kappa shape index (κ3) is 2.60. The van der Waals surface area contributed by atoms with Crippen LogP contribution in [0.5, 0.6) is 0 Å². The van der Waals surface area contributed by atoms with Crippen LogP contribution in [-0.2, 0) is 11.1 Å². The predicted molar refractivity (Wildman–Crippen MR) is 49.9 cm³/mol. The smallest absolute Gasteiger partial charge is 0.186 e. The fraction of sp³-hybridized carbons (Fsp3) is 0.333. The van der Waals surface area contributed by atoms with E-state index in [4.69, 9.17) is 4.55 Å². The lowest BCUT2D eigenvalue weighted by Crippen LogP contribution is -1.96. The van der Waals surface area contributed by atoms with Gasteiger partial charge in [-0.25, -0.2) is 4.21 Å². The molecule has 1 aromatic carbocycles. The molecule has 1 aromatic rings. The highest BCUT2D eigenvalue weighted by molar-refractivity contribution is 7.79. The van der Waals surface area contributed by atoms with Gasteiger partial charge in [-0.3, -0.25) is 4.39 Å². The highest BCUT2D eigenvalue weighted by Crippen LogP contribution is 2.17. The molecule has 72 valence electrons. The van der Waals surface area contributed by atoms with Gasteiger partial charge in [0.05, 0.1) is 11.6 Å². The van der Waals surface area contributed by atoms with E-state index in [0.717, 1.165) is 5.56 Å². The van der Waals surface area contributed by atoms with E-state index in [0.29, 0.717) is 4.90 Å². The molecule has 4 heteroatoms. The Kier molecular flexibility index (Phi) is 3.57. The third-order valence-corrected chi connectivity index (χ3v) is 2.56. The summed E-state index contributed by atoms with van der Waals surface area (Å²) in [5.74, 6) is -0.152. The molecule has 0 aromatic heterocycles. The van der Waals surface area contributed by atoms with E-state index in [1.165, 1.54) is 12.1 Å². The molecule has 0 bridgehead atoms. The molecular formula is C9H11FO2S. The molecule has 0 saturated heterocycles. The van der Waals surface area contributed by atoms with Crippen LogP contribution in [-0.4, -0.2) is 15.4 Å². The summed E-state index contributed by atoms with van der Waals surface area (Å²) >= 11 is -1.95. The monoisotopic (exact) mass is 202 g/mol. The van der Waals surface area contributed by atoms with Crippen LogP contribution in [0.4, 0.5) is 4.39 Å². The molecule has 1 N–H and O–H groups in total. The molecule has 0 spiro atoms. The summed E-state index contributed by atoms with van der Waals surface area (Å²) in [5, 5.41) is 0. The first-order valence-electron chi connectivity index (χ1n) is 3.92. The van der Waals surface area contributed by atoms with Gasteiger partial charge in [0.2, 0.25) is 0 Å². The van der Waals surface area contributed by atoms with Crippen LogP contribution in [0.3, 0.4) is 0 Å². The highest BCUT2D eigenvalue weighted by Gasteiger charge is 2.05. The summed E-state index contributed by atoms with van der Waals surface area (Å²) in [6, 6.07) is 6.43. The zero-order chi connectivity index (χ0) is 9.84. The molecule has 0 fully saturated rings. The Morgan fingerprint density at radius 1 is 1.46 bits per heavy atom. The summed E-state index contributed by atoms with van der Waals surface area (Å²) in [6.07, 6.45) is 0. The summed E-state index contributed by atoms with van der Waals surface area (Å²) < 4.78 is 31.5. The van der Waals surface area contributed by atoms with Crippen LogP contribution in [0, 0.1) is 0 Å². The maximum absolute atomic E-state index is 12.2. The minimum absolute atomic E-state index is 0.152. The van der Waals surface area contributed by atoms with Crippen molar-refractivity contribution in [3.63, 3.8) is 0 Å². The van der Waals surface area contributed by atoms with Crippen molar-refractivity contribution in [3.05, 3.63) is 29.8 Å². The van der Waals surface area contributed by atoms with E-state index in [9.17, 15) is 8.60 Å². The topological polar surface area (TPSA) is 37.3 Å². The Morgan fingerprint density at radius 2 is 2.00 bits per heavy atom. The van der Waals surface area contributed by atoms with Gasteiger partial charge in [0.1, 0.15) is 0 Å². The zero-order valence-electron chi connectivity index (χ0n) is 7.24. The maximum Gasteiger partial charge on any atom is 0.186 e. The minimum atomic E-state index is -1.95. The van der Waals surface area contributed by atoms with Gasteiger partial charge in [-0.05, 0) is 17.7 Å². The van der Waals surface area contributed by atoms with Gasteiger partial charge in [-0.15, -0.1) is 0 Å². The minimum Gasteiger partial charge on any atom is -0.302 e. The van der Waals surface area contributed by atoms with E-state index >= 15 is 0 Å². The second-order valence-electron chi connectivity index (χ2n) is 2.87. The molecule has 13 heavy (non-hydrogen) atoms. The standard InChI is InChI=1S/C9H11FO2S/c1-7(6-10)8-2-4-9(5-3-8)13(11)12/h2-5,7H,6H2,1H3,(H,11,12)/t7-/m0/s1. The van der Waals surface area contributed by atoms with Gasteiger partial charge in [-0.2, -0.15) is 0 Å². The van der Waals surface area contributed by atoms with Gasteiger partial charge in [0, 0.05) is 5.92 Å². The molecule has 1 rings (SSSR count). The van der Waals surface area contributed by atoms with E-state index in [1.807, 2.05) is 0 Å². The van der Waals surface area contributed by atoms with E-state index in [-0.39, 0.29) is 5.92 Å². The quantitative estimate of drug-likeness (QED) is 0.764. The molecule has 0 aliphatic heterocycles. The number of halogens is 1. The van der Waals surface area contributed by atoms with Crippen LogP contribution in [0.15, 0.2) is 29.2 Å². The van der Waals surface area contributed by atoms with Gasteiger partial charge >= 0.3 is 0 Å². The largest absolute Gasteiger partial charge is 0.302 e. The molecule has 0 aliphatic rings. The molecule has 0 aliphatic carbocycles. The summed E-state index contributed by atoms with van der Waals surface area (Å²) in [5.41, 5.74) is 0.844. The molecular weight excluding hydrogens is 191 g/mol. The lowest BCUT2D eigenvalue weighted by Gasteiger charge is -2.06. The van der Waals surface area contributed by atoms with E-state index < -0.39 is 17.8 Å². The number of hydrogen-bond donors (Lipinski definition) is 1. The van der Waals surface area contributed by atoms with Crippen LogP contribution < -0.4 is 0 Å². The number of alkyl halides is 1. The molecule has 2 nitrogen and oxygen atoms in total. The fourth-order valence-electron chi connectivity index (χ4n) is 1.00. The average Bonchev–Trinajstić information content (AvgIpc) is 2.17. The average molecular weight is 202 g/mol. The SMILES string of the molecule is C[C@@H](CF)c1ccc(S(=O)O)cc1. The molecule has 0 radical (unpaired) electrons. The second-order valence-corrected chi connectivity index (χ2v) is 3.84. The van der Waals surface area contributed by atoms with Crippen molar-refractivity contribution >= 4 is 11.1 Å². The first kappa shape index (κ1) is 10.3. The van der Waals surface area contributed by atoms with Crippen molar-refractivity contribution in [2.75, 3.05) is 6.67 Å². The van der Waals surface area contributed by atoms with Crippen molar-refractivity contribution in [1.82, 2.24) is 0 Å². The lowest BCUT2D eigenvalue weighted by molar-refractivity contribution is 0.447. The first-order chi connectivity index (χ1) is 6.15. The Morgan fingerprint density at radius 3 is 2.38 bits per heavy atom. The van der Waals surface area contributed by atoms with Crippen LogP contribution in [0.2, 0.25) is 0 Å². The predicted octanol–water partition coefficient (Wildman–Crippen LogP) is 2.34. The van der Waals surface area contributed by atoms with E-state index in [1.54, 1.807) is 19.1 Å². The van der Waals surface area contributed by atoms with Crippen LogP contribution >= 0.6 is 0 Å². The zero-order valence-corrected chi connectivity index (χ0v) is 8.05. The second kappa shape index (κ2) is 4.48. The number of rotatable bonds is 3. The number of hydrogen-bond acceptors (Lipinski definition) is 1. The normalized spacial score (nSPS) is 15.3. The third-order valence-electron chi connectivity index (χ3n) is 1.88. The maximum atomic E-state index is 12.2. The van der Waals surface area contributed by atoms with Crippen molar-refractivity contribution in [2.45, 2.75) is 17.7 Å². The summed E-state index contributed by atoms with van der Waals surface area (Å²) in [7, 11) is 0. The molecule has 0 saturated carbocycles. The van der Waals surface area contributed by atoms with Crippen molar-refractivity contribution in [1.29, 1.82) is 0 Å². The van der Waals surface area contributed by atoms with Gasteiger partial charge in [-0.1, -0.05) is 19.1 Å². The first-order valence-corrected chi connectivity index (χ1v) is 5.02. The Bertz CT molecular complexity index is 297. The lowest BCUT2D eigenvalue weighted by atomic mass is 10.0. The van der Waals surface area contributed by atoms with Gasteiger partial charge in [0.15, 0.2) is 11.1 Å². The molecule has 0 heterocycles. The molecule has 1 unspecified atom stereocenters. The Balaban J connectivity index is 2.87. The Hall–Kier alpha value is -0.740. The number of benzene rings is 1. The van der Waals surface area contributed by atoms with Gasteiger partial charge in [0.25, 0.3) is 0 Å². The highest BCUT2D eigenvalue weighted by atomic mass is 32.2.